The Balaban J connectivity index is 1.90. The normalized spacial score (nSPS) is 14.5. The third-order valence-electron chi connectivity index (χ3n) is 4.01. The van der Waals surface area contributed by atoms with Crippen LogP contribution in [0.3, 0.4) is 0 Å². The molecule has 0 saturated heterocycles. The van der Waals surface area contributed by atoms with Crippen molar-refractivity contribution in [3.8, 4) is 0 Å². The van der Waals surface area contributed by atoms with Crippen molar-refractivity contribution < 1.29 is 8.42 Å². The minimum atomic E-state index is -3.40. The molecule has 1 aliphatic rings. The molecule has 0 spiro atoms. The Kier molecular flexibility index (Phi) is 4.03. The number of hydrogen-bond donors (Lipinski definition) is 0. The first kappa shape index (κ1) is 16.2. The van der Waals surface area contributed by atoms with Gasteiger partial charge in [-0.15, -0.1) is 0 Å². The monoisotopic (exact) mass is 353 g/mol. The maximum absolute atomic E-state index is 12.2. The number of aromatic nitrogens is 3. The summed E-state index contributed by atoms with van der Waals surface area (Å²) in [5.41, 5.74) is 2.07. The van der Waals surface area contributed by atoms with Crippen LogP contribution < -0.4 is 4.90 Å². The smallest absolute Gasteiger partial charge is 0.242 e. The molecule has 1 aromatic carbocycles. The number of nitrogens with zero attached hydrogens (tertiary/aromatic N) is 5. The van der Waals surface area contributed by atoms with Crippen molar-refractivity contribution in [3.05, 3.63) is 34.9 Å². The highest BCUT2D eigenvalue weighted by Crippen LogP contribution is 2.31. The van der Waals surface area contributed by atoms with Gasteiger partial charge in [0, 0.05) is 33.4 Å². The van der Waals surface area contributed by atoms with Gasteiger partial charge >= 0.3 is 0 Å². The highest BCUT2D eigenvalue weighted by atomic mass is 32.2. The summed E-state index contributed by atoms with van der Waals surface area (Å²) >= 11 is 5.31. The lowest BCUT2D eigenvalue weighted by atomic mass is 10.2. The first-order valence-electron chi connectivity index (χ1n) is 7.19. The van der Waals surface area contributed by atoms with E-state index in [2.05, 4.69) is 10.00 Å². The second-order valence-corrected chi connectivity index (χ2v) is 8.27. The fourth-order valence-corrected chi connectivity index (χ4v) is 3.75. The van der Waals surface area contributed by atoms with Crippen LogP contribution in [0.2, 0.25) is 0 Å². The van der Waals surface area contributed by atoms with Crippen LogP contribution in [-0.4, -0.2) is 47.7 Å². The van der Waals surface area contributed by atoms with E-state index in [4.69, 9.17) is 12.2 Å². The molecule has 0 amide bonds. The maximum Gasteiger partial charge on any atom is 0.242 e. The molecule has 7 nitrogen and oxygen atoms in total. The molecule has 124 valence electrons. The van der Waals surface area contributed by atoms with Crippen LogP contribution >= 0.6 is 12.2 Å². The summed E-state index contributed by atoms with van der Waals surface area (Å²) in [7, 11) is 1.54. The van der Waals surface area contributed by atoms with E-state index in [1.54, 1.807) is 27.7 Å². The Morgan fingerprint density at radius 3 is 2.70 bits per heavy atom. The number of rotatable bonds is 4. The van der Waals surface area contributed by atoms with Gasteiger partial charge in [-0.25, -0.2) is 17.4 Å². The molecule has 0 N–H and O–H groups in total. The summed E-state index contributed by atoms with van der Waals surface area (Å²) in [6.07, 6.45) is 2.50. The molecule has 3 rings (SSSR count). The van der Waals surface area contributed by atoms with Gasteiger partial charge in [-0.1, -0.05) is 0 Å². The van der Waals surface area contributed by atoms with Crippen LogP contribution in [0.5, 0.6) is 0 Å². The van der Waals surface area contributed by atoms with E-state index in [1.807, 2.05) is 13.1 Å². The van der Waals surface area contributed by atoms with Crippen molar-refractivity contribution in [2.24, 2.45) is 7.05 Å². The van der Waals surface area contributed by atoms with Gasteiger partial charge in [0.1, 0.15) is 13.0 Å². The van der Waals surface area contributed by atoms with Crippen LogP contribution in [-0.2, 0) is 30.2 Å². The second-order valence-electron chi connectivity index (χ2n) is 5.76. The van der Waals surface area contributed by atoms with Crippen LogP contribution in [0.25, 0.3) is 0 Å². The summed E-state index contributed by atoms with van der Waals surface area (Å²) in [4.78, 5) is 2.49. The van der Waals surface area contributed by atoms with E-state index in [9.17, 15) is 8.42 Å². The molecule has 0 atom stereocenters. The molecule has 0 bridgehead atoms. The van der Waals surface area contributed by atoms with Gasteiger partial charge in [-0.2, -0.15) is 5.10 Å². The lowest BCUT2D eigenvalue weighted by molar-refractivity contribution is 0.520. The van der Waals surface area contributed by atoms with Gasteiger partial charge in [0.2, 0.25) is 10.0 Å². The van der Waals surface area contributed by atoms with Crippen molar-refractivity contribution in [3.63, 3.8) is 0 Å². The third-order valence-corrected chi connectivity index (χ3v) is 6.32. The predicted octanol–water partition coefficient (Wildman–Crippen LogP) is 1.22. The molecule has 0 aliphatic carbocycles. The topological polar surface area (TPSA) is 63.4 Å². The average molecular weight is 353 g/mol. The van der Waals surface area contributed by atoms with E-state index in [1.165, 1.54) is 18.4 Å². The van der Waals surface area contributed by atoms with Crippen LogP contribution in [0.15, 0.2) is 29.4 Å². The SMILES string of the molecule is CN(C)S(=O)(=O)c1ccc2c(c1)CCN2Cn1ncn(C)c1=S. The van der Waals surface area contributed by atoms with E-state index in [0.29, 0.717) is 16.3 Å². The lowest BCUT2D eigenvalue weighted by Gasteiger charge is -2.19. The molecule has 2 heterocycles. The zero-order valence-corrected chi connectivity index (χ0v) is 14.9. The van der Waals surface area contributed by atoms with E-state index < -0.39 is 10.0 Å². The molecular weight excluding hydrogens is 334 g/mol. The van der Waals surface area contributed by atoms with Crippen LogP contribution in [0, 0.1) is 4.77 Å². The Morgan fingerprint density at radius 1 is 1.35 bits per heavy atom. The number of hydrogen-bond acceptors (Lipinski definition) is 5. The molecule has 1 aromatic heterocycles. The van der Waals surface area contributed by atoms with E-state index in [-0.39, 0.29) is 0 Å². The standard InChI is InChI=1S/C14H19N5O2S2/c1-16(2)23(20,21)12-4-5-13-11(8-12)6-7-18(13)10-19-14(22)17(3)9-15-19/h4-5,8-9H,6-7,10H2,1-3H3. The van der Waals surface area contributed by atoms with Crippen molar-refractivity contribution in [2.75, 3.05) is 25.5 Å². The maximum atomic E-state index is 12.2. The van der Waals surface area contributed by atoms with Crippen LogP contribution in [0.1, 0.15) is 5.56 Å². The minimum Gasteiger partial charge on any atom is -0.351 e. The molecule has 0 radical (unpaired) electrons. The zero-order chi connectivity index (χ0) is 16.8. The van der Waals surface area contributed by atoms with Crippen molar-refractivity contribution in [1.82, 2.24) is 18.7 Å². The molecular formula is C14H19N5O2S2. The average Bonchev–Trinajstić information content (AvgIpc) is 3.05. The molecule has 0 fully saturated rings. The van der Waals surface area contributed by atoms with Crippen LogP contribution in [0.4, 0.5) is 5.69 Å². The Hall–Kier alpha value is -1.71. The third kappa shape index (κ3) is 2.79. The number of sulfonamides is 1. The highest BCUT2D eigenvalue weighted by molar-refractivity contribution is 7.89. The summed E-state index contributed by atoms with van der Waals surface area (Å²) < 4.78 is 29.9. The zero-order valence-electron chi connectivity index (χ0n) is 13.3. The van der Waals surface area contributed by atoms with Gasteiger partial charge in [0.15, 0.2) is 4.77 Å². The Labute approximate surface area is 140 Å². The summed E-state index contributed by atoms with van der Waals surface area (Å²) in [6.45, 7) is 1.38. The van der Waals surface area contributed by atoms with E-state index >= 15 is 0 Å². The van der Waals surface area contributed by atoms with Gasteiger partial charge in [-0.3, -0.25) is 0 Å². The Morgan fingerprint density at radius 2 is 2.09 bits per heavy atom. The minimum absolute atomic E-state index is 0.331. The molecule has 0 unspecified atom stereocenters. The molecule has 0 saturated carbocycles. The molecule has 23 heavy (non-hydrogen) atoms. The summed E-state index contributed by atoms with van der Waals surface area (Å²) in [5, 5.41) is 4.26. The highest BCUT2D eigenvalue weighted by Gasteiger charge is 2.24. The van der Waals surface area contributed by atoms with E-state index in [0.717, 1.165) is 24.2 Å². The fourth-order valence-electron chi connectivity index (χ4n) is 2.64. The lowest BCUT2D eigenvalue weighted by Crippen LogP contribution is -2.25. The molecule has 2 aromatic rings. The van der Waals surface area contributed by atoms with Gasteiger partial charge in [-0.05, 0) is 42.4 Å². The van der Waals surface area contributed by atoms with Crippen molar-refractivity contribution in [1.29, 1.82) is 0 Å². The molecule has 9 heteroatoms. The second kappa shape index (κ2) is 5.73. The largest absolute Gasteiger partial charge is 0.351 e. The fraction of sp³-hybridized carbons (Fsp3) is 0.429. The van der Waals surface area contributed by atoms with Gasteiger partial charge < -0.3 is 9.47 Å². The number of anilines is 1. The van der Waals surface area contributed by atoms with Gasteiger partial charge in [0.05, 0.1) is 4.90 Å². The number of aryl methyl sites for hydroxylation is 1. The number of benzene rings is 1. The Bertz CT molecular complexity index is 898. The summed E-state index contributed by atoms with van der Waals surface area (Å²) in [6, 6.07) is 5.29. The first-order valence-corrected chi connectivity index (χ1v) is 9.04. The summed E-state index contributed by atoms with van der Waals surface area (Å²) in [5.74, 6) is 0. The number of fused-ring (bicyclic) bond motifs is 1. The van der Waals surface area contributed by atoms with Crippen molar-refractivity contribution in [2.45, 2.75) is 18.0 Å². The predicted molar refractivity (Wildman–Crippen MR) is 90.4 cm³/mol. The van der Waals surface area contributed by atoms with Gasteiger partial charge in [0.25, 0.3) is 0 Å². The quantitative estimate of drug-likeness (QED) is 0.774. The first-order chi connectivity index (χ1) is 10.8. The van der Waals surface area contributed by atoms with Crippen molar-refractivity contribution >= 4 is 27.9 Å². The molecule has 1 aliphatic heterocycles.